The maximum Gasteiger partial charge on any atom is 0.151 e. The molecule has 1 aromatic heterocycles. The second kappa shape index (κ2) is 4.04. The van der Waals surface area contributed by atoms with Gasteiger partial charge in [0.2, 0.25) is 0 Å². The van der Waals surface area contributed by atoms with Gasteiger partial charge in [-0.15, -0.1) is 24.0 Å². The smallest absolute Gasteiger partial charge is 0.151 e. The highest BCUT2D eigenvalue weighted by Crippen LogP contribution is 2.30. The van der Waals surface area contributed by atoms with Gasteiger partial charge in [-0.1, -0.05) is 15.9 Å². The summed E-state index contributed by atoms with van der Waals surface area (Å²) in [6, 6.07) is 4.03. The van der Waals surface area contributed by atoms with Gasteiger partial charge in [0, 0.05) is 31.3 Å². The van der Waals surface area contributed by atoms with Crippen LogP contribution in [0.1, 0.15) is 15.9 Å². The number of fused-ring (bicyclic) bond motifs is 1. The molecule has 0 aliphatic heterocycles. The monoisotopic (exact) mass is 286 g/mol. The van der Waals surface area contributed by atoms with Crippen molar-refractivity contribution in [1.29, 1.82) is 0 Å². The van der Waals surface area contributed by atoms with Gasteiger partial charge in [0.25, 0.3) is 0 Å². The van der Waals surface area contributed by atoms with Gasteiger partial charge in [-0.05, 0) is 17.7 Å². The Morgan fingerprint density at radius 1 is 1.50 bits per heavy atom. The van der Waals surface area contributed by atoms with Crippen molar-refractivity contribution < 1.29 is 4.79 Å². The minimum absolute atomic E-state index is 0.751. The van der Waals surface area contributed by atoms with E-state index >= 15 is 0 Å². The van der Waals surface area contributed by atoms with Crippen molar-refractivity contribution in [2.24, 2.45) is 0 Å². The van der Waals surface area contributed by atoms with Crippen LogP contribution in [-0.4, -0.2) is 6.29 Å². The van der Waals surface area contributed by atoms with Crippen molar-refractivity contribution in [3.63, 3.8) is 0 Å². The first-order valence-electron chi connectivity index (χ1n) is 4.00. The lowest BCUT2D eigenvalue weighted by Gasteiger charge is -2.01. The van der Waals surface area contributed by atoms with Crippen molar-refractivity contribution in [3.8, 4) is 0 Å². The van der Waals surface area contributed by atoms with Gasteiger partial charge in [-0.2, -0.15) is 0 Å². The summed E-state index contributed by atoms with van der Waals surface area (Å²) in [5.41, 5.74) is 1.90. The fourth-order valence-corrected chi connectivity index (χ4v) is 3.23. The number of benzene rings is 1. The maximum absolute atomic E-state index is 10.7. The largest absolute Gasteiger partial charge is 0.298 e. The van der Waals surface area contributed by atoms with E-state index in [4.69, 9.17) is 0 Å². The summed E-state index contributed by atoms with van der Waals surface area (Å²) in [5, 5.41) is 3.67. The first-order chi connectivity index (χ1) is 6.76. The fraction of sp³-hybridized carbons (Fsp3) is 0.100. The number of thiophene rings is 1. The van der Waals surface area contributed by atoms with E-state index in [1.807, 2.05) is 11.4 Å². The maximum atomic E-state index is 10.7. The van der Waals surface area contributed by atoms with Crippen LogP contribution >= 0.6 is 39.9 Å². The number of hydrogen-bond donors (Lipinski definition) is 1. The molecular formula is C10H7BrOS2. The highest BCUT2D eigenvalue weighted by Gasteiger charge is 2.06. The zero-order chi connectivity index (χ0) is 10.1. The zero-order valence-electron chi connectivity index (χ0n) is 7.16. The summed E-state index contributed by atoms with van der Waals surface area (Å²) in [5.74, 6) is 0. The molecule has 0 fully saturated rings. The Hall–Kier alpha value is -0.320. The van der Waals surface area contributed by atoms with Crippen LogP contribution in [0, 0.1) is 0 Å². The number of rotatable bonds is 2. The molecule has 4 heteroatoms. The number of halogens is 1. The molecule has 0 spiro atoms. The van der Waals surface area contributed by atoms with E-state index in [1.54, 1.807) is 11.3 Å². The second-order valence-corrected chi connectivity index (χ2v) is 4.87. The summed E-state index contributed by atoms with van der Waals surface area (Å²) < 4.78 is 1.14. The molecule has 2 rings (SSSR count). The van der Waals surface area contributed by atoms with Crippen LogP contribution in [0.15, 0.2) is 22.4 Å². The molecule has 0 saturated carbocycles. The van der Waals surface area contributed by atoms with Crippen LogP contribution in [0.3, 0.4) is 0 Å². The van der Waals surface area contributed by atoms with Crippen LogP contribution in [0.2, 0.25) is 0 Å². The van der Waals surface area contributed by atoms with Gasteiger partial charge in [0.05, 0.1) is 0 Å². The predicted octanol–water partition coefficient (Wildman–Crippen LogP) is 3.90. The van der Waals surface area contributed by atoms with Crippen LogP contribution in [0.4, 0.5) is 0 Å². The number of alkyl halides is 1. The molecule has 14 heavy (non-hydrogen) atoms. The average molecular weight is 287 g/mol. The quantitative estimate of drug-likeness (QED) is 0.503. The van der Waals surface area contributed by atoms with Crippen molar-refractivity contribution in [1.82, 2.24) is 0 Å². The van der Waals surface area contributed by atoms with E-state index in [2.05, 4.69) is 34.6 Å². The van der Waals surface area contributed by atoms with E-state index in [-0.39, 0.29) is 0 Å². The SMILES string of the molecule is O=Cc1csc2cc(CBr)c(S)cc12. The first kappa shape index (κ1) is 10.2. The number of thiol groups is 1. The summed E-state index contributed by atoms with van der Waals surface area (Å²) in [6.07, 6.45) is 0.889. The number of hydrogen-bond acceptors (Lipinski definition) is 3. The summed E-state index contributed by atoms with van der Waals surface area (Å²) in [7, 11) is 0. The molecule has 0 saturated heterocycles. The molecule has 0 amide bonds. The third-order valence-electron chi connectivity index (χ3n) is 2.08. The Morgan fingerprint density at radius 2 is 2.29 bits per heavy atom. The Morgan fingerprint density at radius 3 is 2.93 bits per heavy atom. The van der Waals surface area contributed by atoms with Gasteiger partial charge in [0.1, 0.15) is 0 Å². The molecule has 72 valence electrons. The minimum Gasteiger partial charge on any atom is -0.298 e. The lowest BCUT2D eigenvalue weighted by molar-refractivity contribution is 0.112. The number of carbonyl (C=O) groups excluding carboxylic acids is 1. The molecule has 0 N–H and O–H groups in total. The van der Waals surface area contributed by atoms with Crippen molar-refractivity contribution in [3.05, 3.63) is 28.6 Å². The normalized spacial score (nSPS) is 10.7. The Balaban J connectivity index is 2.75. The number of carbonyl (C=O) groups is 1. The molecule has 0 unspecified atom stereocenters. The average Bonchev–Trinajstić information content (AvgIpc) is 2.58. The molecule has 0 aliphatic rings. The van der Waals surface area contributed by atoms with E-state index in [0.717, 1.165) is 37.7 Å². The Bertz CT molecular complexity index is 490. The van der Waals surface area contributed by atoms with Gasteiger partial charge >= 0.3 is 0 Å². The van der Waals surface area contributed by atoms with Crippen molar-refractivity contribution in [2.75, 3.05) is 0 Å². The van der Waals surface area contributed by atoms with Crippen molar-refractivity contribution in [2.45, 2.75) is 10.2 Å². The van der Waals surface area contributed by atoms with Gasteiger partial charge < -0.3 is 0 Å². The molecular weight excluding hydrogens is 280 g/mol. The molecule has 1 aromatic carbocycles. The van der Waals surface area contributed by atoms with E-state index < -0.39 is 0 Å². The van der Waals surface area contributed by atoms with E-state index in [1.165, 1.54) is 0 Å². The molecule has 0 atom stereocenters. The first-order valence-corrected chi connectivity index (χ1v) is 6.45. The second-order valence-electron chi connectivity index (χ2n) is 2.92. The molecule has 2 aromatic rings. The van der Waals surface area contributed by atoms with E-state index in [0.29, 0.717) is 0 Å². The standard InChI is InChI=1S/C10H7BrOS2/c11-3-6-1-10-8(2-9(6)13)7(4-12)5-14-10/h1-2,4-5,13H,3H2. The lowest BCUT2D eigenvalue weighted by Crippen LogP contribution is -1.81. The third kappa shape index (κ3) is 1.62. The zero-order valence-corrected chi connectivity index (χ0v) is 10.5. The van der Waals surface area contributed by atoms with Gasteiger partial charge in [0.15, 0.2) is 6.29 Å². The molecule has 0 bridgehead atoms. The molecule has 1 heterocycles. The summed E-state index contributed by atoms with van der Waals surface area (Å²) in [4.78, 5) is 11.6. The van der Waals surface area contributed by atoms with Crippen LogP contribution < -0.4 is 0 Å². The fourth-order valence-electron chi connectivity index (χ4n) is 1.32. The Labute approximate surface area is 99.7 Å². The van der Waals surface area contributed by atoms with Crippen LogP contribution in [-0.2, 0) is 5.33 Å². The molecule has 0 aliphatic carbocycles. The highest BCUT2D eigenvalue weighted by atomic mass is 79.9. The minimum atomic E-state index is 0.751. The van der Waals surface area contributed by atoms with Crippen LogP contribution in [0.25, 0.3) is 10.1 Å². The predicted molar refractivity (Wildman–Crippen MR) is 67.1 cm³/mol. The topological polar surface area (TPSA) is 17.1 Å². The Kier molecular flexibility index (Phi) is 2.95. The lowest BCUT2D eigenvalue weighted by atomic mass is 10.1. The van der Waals surface area contributed by atoms with Gasteiger partial charge in [-0.3, -0.25) is 4.79 Å². The van der Waals surface area contributed by atoms with Crippen LogP contribution in [0.5, 0.6) is 0 Å². The molecule has 0 radical (unpaired) electrons. The third-order valence-corrected chi connectivity index (χ3v) is 4.06. The van der Waals surface area contributed by atoms with Gasteiger partial charge in [-0.25, -0.2) is 0 Å². The molecule has 1 nitrogen and oxygen atoms in total. The van der Waals surface area contributed by atoms with Crippen molar-refractivity contribution >= 4 is 56.3 Å². The van der Waals surface area contributed by atoms with E-state index in [9.17, 15) is 4.79 Å². The summed E-state index contributed by atoms with van der Waals surface area (Å²) >= 11 is 9.37. The highest BCUT2D eigenvalue weighted by molar-refractivity contribution is 9.08. The number of aldehydes is 1. The summed E-state index contributed by atoms with van der Waals surface area (Å²) in [6.45, 7) is 0.